The third kappa shape index (κ3) is 4.28. The summed E-state index contributed by atoms with van der Waals surface area (Å²) in [6, 6.07) is 0. The highest BCUT2D eigenvalue weighted by Gasteiger charge is 2.40. The van der Waals surface area contributed by atoms with Crippen molar-refractivity contribution in [2.24, 2.45) is 0 Å². The molecule has 1 fully saturated rings. The lowest BCUT2D eigenvalue weighted by atomic mass is 10.0. The number of esters is 1. The van der Waals surface area contributed by atoms with Crippen molar-refractivity contribution in [2.45, 2.75) is 70.1 Å². The average molecular weight is 304 g/mol. The van der Waals surface area contributed by atoms with E-state index >= 15 is 0 Å². The standard InChI is InChI=1S/C14H28O5Si/c1-14(2,3)20(5,6)18-9-12-10(15)7-8-11(19-12)13(16)17-4/h10-12,15H,7-9H2,1-6H3/t10-,11+,12+/m0/s1. The van der Waals surface area contributed by atoms with Gasteiger partial charge in [0.25, 0.3) is 0 Å². The Morgan fingerprint density at radius 1 is 1.35 bits per heavy atom. The van der Waals surface area contributed by atoms with Crippen LogP contribution >= 0.6 is 0 Å². The molecule has 1 N–H and O–H groups in total. The Morgan fingerprint density at radius 2 is 1.95 bits per heavy atom. The van der Waals surface area contributed by atoms with E-state index in [-0.39, 0.29) is 11.0 Å². The first-order valence-corrected chi connectivity index (χ1v) is 10.0. The predicted molar refractivity (Wildman–Crippen MR) is 79.1 cm³/mol. The maximum absolute atomic E-state index is 11.5. The van der Waals surface area contributed by atoms with Crippen LogP contribution in [0.4, 0.5) is 0 Å². The molecule has 0 saturated carbocycles. The highest BCUT2D eigenvalue weighted by molar-refractivity contribution is 6.74. The Labute approximate surface area is 122 Å². The Bertz CT molecular complexity index is 337. The molecule has 0 aromatic carbocycles. The van der Waals surface area contributed by atoms with Gasteiger partial charge in [-0.05, 0) is 31.0 Å². The number of hydrogen-bond donors (Lipinski definition) is 1. The monoisotopic (exact) mass is 304 g/mol. The van der Waals surface area contributed by atoms with Gasteiger partial charge in [0, 0.05) is 0 Å². The molecule has 20 heavy (non-hydrogen) atoms. The molecule has 0 amide bonds. The second-order valence-electron chi connectivity index (χ2n) is 6.90. The molecule has 0 aromatic rings. The van der Waals surface area contributed by atoms with Crippen LogP contribution in [0.2, 0.25) is 18.1 Å². The number of aliphatic hydroxyl groups excluding tert-OH is 1. The van der Waals surface area contributed by atoms with E-state index in [1.165, 1.54) is 7.11 Å². The van der Waals surface area contributed by atoms with Crippen LogP contribution in [0.25, 0.3) is 0 Å². The molecule has 1 heterocycles. The van der Waals surface area contributed by atoms with Crippen molar-refractivity contribution < 1.29 is 23.8 Å². The van der Waals surface area contributed by atoms with Crippen LogP contribution in [0.5, 0.6) is 0 Å². The number of rotatable bonds is 4. The average Bonchev–Trinajstić information content (AvgIpc) is 2.35. The minimum absolute atomic E-state index is 0.106. The molecule has 0 radical (unpaired) electrons. The van der Waals surface area contributed by atoms with Crippen molar-refractivity contribution in [2.75, 3.05) is 13.7 Å². The van der Waals surface area contributed by atoms with Crippen LogP contribution < -0.4 is 0 Å². The fourth-order valence-electron chi connectivity index (χ4n) is 1.84. The minimum atomic E-state index is -1.88. The second kappa shape index (κ2) is 6.55. The maximum Gasteiger partial charge on any atom is 0.334 e. The van der Waals surface area contributed by atoms with E-state index in [2.05, 4.69) is 33.9 Å². The Kier molecular flexibility index (Phi) is 5.77. The fraction of sp³-hybridized carbons (Fsp3) is 0.929. The molecular formula is C14H28O5Si. The molecule has 118 valence electrons. The summed E-state index contributed by atoms with van der Waals surface area (Å²) in [5.74, 6) is -0.380. The van der Waals surface area contributed by atoms with Gasteiger partial charge in [0.1, 0.15) is 6.10 Å². The van der Waals surface area contributed by atoms with Crippen molar-refractivity contribution in [3.8, 4) is 0 Å². The van der Waals surface area contributed by atoms with Gasteiger partial charge in [0.15, 0.2) is 14.4 Å². The summed E-state index contributed by atoms with van der Waals surface area (Å²) < 4.78 is 16.4. The maximum atomic E-state index is 11.5. The van der Waals surface area contributed by atoms with Crippen LogP contribution in [-0.2, 0) is 18.7 Å². The largest absolute Gasteiger partial charge is 0.467 e. The summed E-state index contributed by atoms with van der Waals surface area (Å²) in [4.78, 5) is 11.5. The van der Waals surface area contributed by atoms with E-state index in [1.807, 2.05) is 0 Å². The van der Waals surface area contributed by atoms with Crippen LogP contribution in [0.3, 0.4) is 0 Å². The van der Waals surface area contributed by atoms with Gasteiger partial charge in [-0.1, -0.05) is 20.8 Å². The van der Waals surface area contributed by atoms with Gasteiger partial charge in [0.2, 0.25) is 0 Å². The van der Waals surface area contributed by atoms with Crippen LogP contribution in [-0.4, -0.2) is 51.4 Å². The fourth-order valence-corrected chi connectivity index (χ4v) is 2.85. The molecule has 1 aliphatic heterocycles. The Balaban J connectivity index is 2.59. The quantitative estimate of drug-likeness (QED) is 0.636. The topological polar surface area (TPSA) is 65.0 Å². The third-order valence-electron chi connectivity index (χ3n) is 4.37. The summed E-state index contributed by atoms with van der Waals surface area (Å²) in [5.41, 5.74) is 0. The predicted octanol–water partition coefficient (Wildman–Crippen LogP) is 2.09. The summed E-state index contributed by atoms with van der Waals surface area (Å²) >= 11 is 0. The smallest absolute Gasteiger partial charge is 0.334 e. The first-order chi connectivity index (χ1) is 9.08. The number of hydrogen-bond acceptors (Lipinski definition) is 5. The first-order valence-electron chi connectivity index (χ1n) is 7.14. The van der Waals surface area contributed by atoms with E-state index in [0.29, 0.717) is 19.4 Å². The molecule has 0 aliphatic carbocycles. The molecular weight excluding hydrogens is 276 g/mol. The van der Waals surface area contributed by atoms with E-state index in [0.717, 1.165) is 0 Å². The number of carbonyl (C=O) groups excluding carboxylic acids is 1. The summed E-state index contributed by atoms with van der Waals surface area (Å²) in [6.45, 7) is 11.1. The Morgan fingerprint density at radius 3 is 2.45 bits per heavy atom. The number of ether oxygens (including phenoxy) is 2. The number of methoxy groups -OCH3 is 1. The summed E-state index contributed by atoms with van der Waals surface area (Å²) in [5, 5.41) is 10.1. The normalized spacial score (nSPS) is 28.2. The van der Waals surface area contributed by atoms with Gasteiger partial charge in [-0.3, -0.25) is 0 Å². The van der Waals surface area contributed by atoms with E-state index < -0.39 is 26.6 Å². The molecule has 0 spiro atoms. The number of aliphatic hydroxyl groups is 1. The highest BCUT2D eigenvalue weighted by atomic mass is 28.4. The van der Waals surface area contributed by atoms with Crippen LogP contribution in [0.15, 0.2) is 0 Å². The molecule has 5 nitrogen and oxygen atoms in total. The minimum Gasteiger partial charge on any atom is -0.467 e. The zero-order valence-electron chi connectivity index (χ0n) is 13.4. The van der Waals surface area contributed by atoms with Gasteiger partial charge in [-0.2, -0.15) is 0 Å². The van der Waals surface area contributed by atoms with E-state index in [1.54, 1.807) is 0 Å². The van der Waals surface area contributed by atoms with Crippen molar-refractivity contribution in [1.82, 2.24) is 0 Å². The zero-order chi connectivity index (χ0) is 15.6. The molecule has 3 atom stereocenters. The van der Waals surface area contributed by atoms with Gasteiger partial charge >= 0.3 is 5.97 Å². The zero-order valence-corrected chi connectivity index (χ0v) is 14.4. The second-order valence-corrected chi connectivity index (χ2v) is 11.7. The summed E-state index contributed by atoms with van der Waals surface area (Å²) in [6.07, 6.45) is -0.602. The lowest BCUT2D eigenvalue weighted by Gasteiger charge is -2.39. The van der Waals surface area contributed by atoms with Crippen molar-refractivity contribution >= 4 is 14.3 Å². The van der Waals surface area contributed by atoms with Gasteiger partial charge in [-0.25, -0.2) is 4.79 Å². The summed E-state index contributed by atoms with van der Waals surface area (Å²) in [7, 11) is -0.538. The van der Waals surface area contributed by atoms with E-state index in [4.69, 9.17) is 13.9 Å². The molecule has 0 bridgehead atoms. The van der Waals surface area contributed by atoms with Gasteiger partial charge in [-0.15, -0.1) is 0 Å². The van der Waals surface area contributed by atoms with Crippen molar-refractivity contribution in [3.63, 3.8) is 0 Å². The molecule has 0 aromatic heterocycles. The van der Waals surface area contributed by atoms with Crippen molar-refractivity contribution in [1.29, 1.82) is 0 Å². The Hall–Kier alpha value is -0.433. The molecule has 1 rings (SSSR count). The van der Waals surface area contributed by atoms with Crippen LogP contribution in [0, 0.1) is 0 Å². The van der Waals surface area contributed by atoms with Crippen LogP contribution in [0.1, 0.15) is 33.6 Å². The lowest BCUT2D eigenvalue weighted by molar-refractivity contribution is -0.176. The lowest BCUT2D eigenvalue weighted by Crippen LogP contribution is -2.49. The molecule has 0 unspecified atom stereocenters. The van der Waals surface area contributed by atoms with Gasteiger partial charge < -0.3 is 19.0 Å². The SMILES string of the molecule is COC(=O)[C@H]1CC[C@H](O)[C@@H](CO[Si](C)(C)C(C)(C)C)O1. The molecule has 1 saturated heterocycles. The first kappa shape index (κ1) is 17.6. The van der Waals surface area contributed by atoms with E-state index in [9.17, 15) is 9.90 Å². The third-order valence-corrected chi connectivity index (χ3v) is 8.87. The number of carbonyl (C=O) groups is 1. The highest BCUT2D eigenvalue weighted by Crippen LogP contribution is 2.37. The van der Waals surface area contributed by atoms with Gasteiger partial charge in [0.05, 0.1) is 19.8 Å². The molecule has 6 heteroatoms. The molecule has 1 aliphatic rings. The van der Waals surface area contributed by atoms with Crippen molar-refractivity contribution in [3.05, 3.63) is 0 Å².